The molecular formula is C17H25N3O. The molecule has 21 heavy (non-hydrogen) atoms. The lowest BCUT2D eigenvalue weighted by atomic mass is 9.94. The van der Waals surface area contributed by atoms with Crippen LogP contribution in [0, 0.1) is 11.8 Å². The maximum Gasteiger partial charge on any atom is 0.230 e. The molecule has 0 spiro atoms. The molecule has 2 aliphatic rings. The highest BCUT2D eigenvalue weighted by Crippen LogP contribution is 2.37. The van der Waals surface area contributed by atoms with Gasteiger partial charge in [0, 0.05) is 25.6 Å². The Morgan fingerprint density at radius 3 is 2.71 bits per heavy atom. The van der Waals surface area contributed by atoms with Gasteiger partial charge in [-0.3, -0.25) is 4.79 Å². The standard InChI is InChI=1S/C17H25N3O/c1-2-19-10-11-20(16-9-4-3-8-15(16)19)17(21)14-7-5-6-13(14)12-18/h3-4,8-9,13-14H,2,5-7,10-12,18H2,1H3/t13-,14-/m1/s1. The summed E-state index contributed by atoms with van der Waals surface area (Å²) in [6, 6.07) is 8.26. The summed E-state index contributed by atoms with van der Waals surface area (Å²) in [5, 5.41) is 0. The number of amides is 1. The van der Waals surface area contributed by atoms with Crippen LogP contribution in [0.15, 0.2) is 24.3 Å². The molecule has 1 aliphatic heterocycles. The van der Waals surface area contributed by atoms with Gasteiger partial charge in [0.2, 0.25) is 5.91 Å². The maximum absolute atomic E-state index is 13.0. The summed E-state index contributed by atoms with van der Waals surface area (Å²) in [4.78, 5) is 17.3. The molecule has 0 radical (unpaired) electrons. The second-order valence-corrected chi connectivity index (χ2v) is 6.09. The van der Waals surface area contributed by atoms with Gasteiger partial charge in [-0.15, -0.1) is 0 Å². The summed E-state index contributed by atoms with van der Waals surface area (Å²) in [5.74, 6) is 0.774. The van der Waals surface area contributed by atoms with Crippen molar-refractivity contribution in [2.24, 2.45) is 17.6 Å². The van der Waals surface area contributed by atoms with E-state index in [1.165, 1.54) is 5.69 Å². The van der Waals surface area contributed by atoms with Crippen LogP contribution >= 0.6 is 0 Å². The Morgan fingerprint density at radius 2 is 2.00 bits per heavy atom. The first-order valence-corrected chi connectivity index (χ1v) is 8.11. The number of anilines is 2. The third-order valence-corrected chi connectivity index (χ3v) is 5.03. The number of fused-ring (bicyclic) bond motifs is 1. The molecule has 2 atom stereocenters. The maximum atomic E-state index is 13.0. The van der Waals surface area contributed by atoms with Gasteiger partial charge >= 0.3 is 0 Å². The van der Waals surface area contributed by atoms with Crippen molar-refractivity contribution in [3.8, 4) is 0 Å². The van der Waals surface area contributed by atoms with Crippen LogP contribution in [-0.2, 0) is 4.79 Å². The van der Waals surface area contributed by atoms with Crippen LogP contribution in [0.2, 0.25) is 0 Å². The summed E-state index contributed by atoms with van der Waals surface area (Å²) in [6.45, 7) is 5.48. The molecule has 0 aromatic heterocycles. The fourth-order valence-electron chi connectivity index (χ4n) is 3.82. The molecule has 4 heteroatoms. The topological polar surface area (TPSA) is 49.6 Å². The average molecular weight is 287 g/mol. The Balaban J connectivity index is 1.87. The van der Waals surface area contributed by atoms with Crippen LogP contribution in [0.3, 0.4) is 0 Å². The minimum atomic E-state index is 0.122. The van der Waals surface area contributed by atoms with Crippen LogP contribution in [0.25, 0.3) is 0 Å². The summed E-state index contributed by atoms with van der Waals surface area (Å²) in [6.07, 6.45) is 3.23. The first-order valence-electron chi connectivity index (χ1n) is 8.11. The van der Waals surface area contributed by atoms with E-state index < -0.39 is 0 Å². The monoisotopic (exact) mass is 287 g/mol. The molecule has 2 N–H and O–H groups in total. The number of carbonyl (C=O) groups excluding carboxylic acids is 1. The molecule has 1 aromatic carbocycles. The van der Waals surface area contributed by atoms with Crippen molar-refractivity contribution in [2.45, 2.75) is 26.2 Å². The fourth-order valence-corrected chi connectivity index (χ4v) is 3.82. The quantitative estimate of drug-likeness (QED) is 0.927. The third kappa shape index (κ3) is 2.53. The molecule has 1 amide bonds. The van der Waals surface area contributed by atoms with Crippen LogP contribution in [0.5, 0.6) is 0 Å². The Morgan fingerprint density at radius 1 is 1.24 bits per heavy atom. The largest absolute Gasteiger partial charge is 0.368 e. The van der Waals surface area contributed by atoms with Crippen molar-refractivity contribution in [1.82, 2.24) is 0 Å². The lowest BCUT2D eigenvalue weighted by molar-refractivity contribution is -0.123. The Kier molecular flexibility index (Phi) is 4.15. The van der Waals surface area contributed by atoms with E-state index in [0.29, 0.717) is 12.5 Å². The second-order valence-electron chi connectivity index (χ2n) is 6.09. The van der Waals surface area contributed by atoms with Crippen molar-refractivity contribution >= 4 is 17.3 Å². The summed E-state index contributed by atoms with van der Waals surface area (Å²) in [7, 11) is 0. The van der Waals surface area contributed by atoms with Crippen molar-refractivity contribution in [1.29, 1.82) is 0 Å². The van der Waals surface area contributed by atoms with Crippen LogP contribution in [0.1, 0.15) is 26.2 Å². The van der Waals surface area contributed by atoms with Gasteiger partial charge in [0.15, 0.2) is 0 Å². The number of nitrogens with zero attached hydrogens (tertiary/aromatic N) is 2. The zero-order valence-electron chi connectivity index (χ0n) is 12.8. The lowest BCUT2D eigenvalue weighted by Gasteiger charge is -2.38. The molecule has 0 unspecified atom stereocenters. The van der Waals surface area contributed by atoms with Gasteiger partial charge in [0.1, 0.15) is 0 Å². The predicted molar refractivity (Wildman–Crippen MR) is 86.6 cm³/mol. The van der Waals surface area contributed by atoms with Gasteiger partial charge in [0.25, 0.3) is 0 Å². The predicted octanol–water partition coefficient (Wildman–Crippen LogP) is 2.23. The number of likely N-dealkylation sites (N-methyl/N-ethyl adjacent to an activating group) is 1. The third-order valence-electron chi connectivity index (χ3n) is 5.03. The smallest absolute Gasteiger partial charge is 0.230 e. The lowest BCUT2D eigenvalue weighted by Crippen LogP contribution is -2.47. The summed E-state index contributed by atoms with van der Waals surface area (Å²) in [5.41, 5.74) is 8.10. The number of hydrogen-bond donors (Lipinski definition) is 1. The molecule has 0 saturated heterocycles. The van der Waals surface area contributed by atoms with E-state index >= 15 is 0 Å². The average Bonchev–Trinajstić information content (AvgIpc) is 3.01. The number of benzene rings is 1. The molecular weight excluding hydrogens is 262 g/mol. The van der Waals surface area contributed by atoms with Crippen molar-refractivity contribution in [3.05, 3.63) is 24.3 Å². The fraction of sp³-hybridized carbons (Fsp3) is 0.588. The highest BCUT2D eigenvalue weighted by atomic mass is 16.2. The van der Waals surface area contributed by atoms with Crippen molar-refractivity contribution < 1.29 is 4.79 Å². The van der Waals surface area contributed by atoms with E-state index in [1.54, 1.807) is 0 Å². The molecule has 0 bridgehead atoms. The molecule has 114 valence electrons. The highest BCUT2D eigenvalue weighted by molar-refractivity contribution is 5.99. The first-order chi connectivity index (χ1) is 10.3. The number of hydrogen-bond acceptors (Lipinski definition) is 3. The zero-order chi connectivity index (χ0) is 14.8. The molecule has 1 aromatic rings. The number of nitrogens with two attached hydrogens (primary N) is 1. The number of carbonyl (C=O) groups is 1. The van der Waals surface area contributed by atoms with E-state index in [0.717, 1.165) is 44.6 Å². The molecule has 3 rings (SSSR count). The molecule has 1 heterocycles. The number of rotatable bonds is 3. The Hall–Kier alpha value is -1.55. The van der Waals surface area contributed by atoms with E-state index in [4.69, 9.17) is 5.73 Å². The van der Waals surface area contributed by atoms with Crippen LogP contribution < -0.4 is 15.5 Å². The van der Waals surface area contributed by atoms with E-state index in [9.17, 15) is 4.79 Å². The molecule has 1 aliphatic carbocycles. The van der Waals surface area contributed by atoms with Crippen LogP contribution in [-0.4, -0.2) is 32.1 Å². The highest BCUT2D eigenvalue weighted by Gasteiger charge is 2.37. The van der Waals surface area contributed by atoms with Crippen molar-refractivity contribution in [2.75, 3.05) is 36.0 Å². The van der Waals surface area contributed by atoms with Gasteiger partial charge in [-0.1, -0.05) is 18.6 Å². The van der Waals surface area contributed by atoms with Crippen molar-refractivity contribution in [3.63, 3.8) is 0 Å². The minimum Gasteiger partial charge on any atom is -0.368 e. The SMILES string of the molecule is CCN1CCN(C(=O)[C@@H]2CCC[C@@H]2CN)c2ccccc21. The van der Waals surface area contributed by atoms with Gasteiger partial charge in [-0.2, -0.15) is 0 Å². The van der Waals surface area contributed by atoms with Gasteiger partial charge in [-0.05, 0) is 44.4 Å². The van der Waals surface area contributed by atoms with E-state index in [2.05, 4.69) is 24.0 Å². The Bertz CT molecular complexity index is 517. The van der Waals surface area contributed by atoms with Gasteiger partial charge < -0.3 is 15.5 Å². The Labute approximate surface area is 126 Å². The molecule has 1 saturated carbocycles. The van der Waals surface area contributed by atoms with E-state index in [-0.39, 0.29) is 11.8 Å². The minimum absolute atomic E-state index is 0.122. The van der Waals surface area contributed by atoms with E-state index in [1.807, 2.05) is 17.0 Å². The first kappa shape index (κ1) is 14.4. The summed E-state index contributed by atoms with van der Waals surface area (Å²) >= 11 is 0. The second kappa shape index (κ2) is 6.06. The normalized spacial score (nSPS) is 25.0. The van der Waals surface area contributed by atoms with Gasteiger partial charge in [0.05, 0.1) is 11.4 Å². The molecule has 4 nitrogen and oxygen atoms in total. The zero-order valence-corrected chi connectivity index (χ0v) is 12.8. The van der Waals surface area contributed by atoms with Gasteiger partial charge in [-0.25, -0.2) is 0 Å². The number of para-hydroxylation sites is 2. The molecule has 1 fully saturated rings. The summed E-state index contributed by atoms with van der Waals surface area (Å²) < 4.78 is 0. The van der Waals surface area contributed by atoms with Crippen LogP contribution in [0.4, 0.5) is 11.4 Å².